The van der Waals surface area contributed by atoms with Crippen LogP contribution in [0.15, 0.2) is 42.5 Å². The van der Waals surface area contributed by atoms with Crippen LogP contribution in [-0.4, -0.2) is 17.9 Å². The van der Waals surface area contributed by atoms with E-state index in [0.717, 1.165) is 6.42 Å². The Labute approximate surface area is 146 Å². The Kier molecular flexibility index (Phi) is 4.20. The zero-order chi connectivity index (χ0) is 18.2. The predicted octanol–water partition coefficient (Wildman–Crippen LogP) is 3.79. The van der Waals surface area contributed by atoms with Crippen LogP contribution in [0.2, 0.25) is 0 Å². The molecule has 0 aliphatic heterocycles. The van der Waals surface area contributed by atoms with Crippen LogP contribution in [0.3, 0.4) is 0 Å². The van der Waals surface area contributed by atoms with Gasteiger partial charge in [0.25, 0.3) is 11.6 Å². The summed E-state index contributed by atoms with van der Waals surface area (Å²) in [7, 11) is 1.51. The number of anilines is 1. The van der Waals surface area contributed by atoms with Gasteiger partial charge in [-0.3, -0.25) is 14.9 Å². The highest BCUT2D eigenvalue weighted by atomic mass is 16.6. The maximum Gasteiger partial charge on any atom is 0.270 e. The van der Waals surface area contributed by atoms with E-state index in [9.17, 15) is 14.9 Å². The van der Waals surface area contributed by atoms with Crippen molar-refractivity contribution in [1.29, 1.82) is 0 Å². The molecule has 2 aromatic carbocycles. The topological polar surface area (TPSA) is 84.3 Å². The number of nitrogens with one attached hydrogen (secondary N) is 2. The number of non-ortho nitro benzene ring substituents is 1. The Bertz CT molecular complexity index is 846. The van der Waals surface area contributed by atoms with Gasteiger partial charge in [-0.2, -0.15) is 0 Å². The summed E-state index contributed by atoms with van der Waals surface area (Å²) in [5, 5.41) is 17.0. The summed E-state index contributed by atoms with van der Waals surface area (Å²) >= 11 is 0. The summed E-state index contributed by atoms with van der Waals surface area (Å²) in [6.45, 7) is 4.39. The summed E-state index contributed by atoms with van der Waals surface area (Å²) in [6.07, 6.45) is 0.885. The highest BCUT2D eigenvalue weighted by Crippen LogP contribution is 2.46. The lowest BCUT2D eigenvalue weighted by Gasteiger charge is -2.21. The number of rotatable bonds is 4. The molecule has 3 rings (SSSR count). The quantitative estimate of drug-likeness (QED) is 0.656. The minimum absolute atomic E-state index is 0.0300. The number of fused-ring (bicyclic) bond motifs is 1. The molecule has 25 heavy (non-hydrogen) atoms. The summed E-state index contributed by atoms with van der Waals surface area (Å²) in [5.41, 5.74) is 3.30. The summed E-state index contributed by atoms with van der Waals surface area (Å²) in [6, 6.07) is 12.6. The third-order valence-electron chi connectivity index (χ3n) is 4.80. The maximum absolute atomic E-state index is 12.2. The van der Waals surface area contributed by atoms with Gasteiger partial charge in [-0.25, -0.2) is 0 Å². The molecule has 1 aliphatic carbocycles. The van der Waals surface area contributed by atoms with Gasteiger partial charge in [-0.05, 0) is 29.0 Å². The van der Waals surface area contributed by atoms with Crippen molar-refractivity contribution in [3.8, 4) is 0 Å². The third-order valence-corrected chi connectivity index (χ3v) is 4.80. The number of hydrogen-bond donors (Lipinski definition) is 2. The largest absolute Gasteiger partial charge is 0.378 e. The lowest BCUT2D eigenvalue weighted by atomic mass is 9.86. The van der Waals surface area contributed by atoms with E-state index in [1.165, 1.54) is 30.3 Å². The monoisotopic (exact) mass is 339 g/mol. The number of nitro groups is 1. The first-order chi connectivity index (χ1) is 11.8. The summed E-state index contributed by atoms with van der Waals surface area (Å²) < 4.78 is 0. The van der Waals surface area contributed by atoms with Gasteiger partial charge in [0.1, 0.15) is 0 Å². The molecule has 0 saturated heterocycles. The number of nitrogens with zero attached hydrogens (tertiary/aromatic N) is 1. The summed E-state index contributed by atoms with van der Waals surface area (Å²) in [4.78, 5) is 22.7. The van der Waals surface area contributed by atoms with Crippen LogP contribution in [0, 0.1) is 10.1 Å². The molecule has 6 nitrogen and oxygen atoms in total. The molecule has 2 aromatic rings. The van der Waals surface area contributed by atoms with Gasteiger partial charge in [0.15, 0.2) is 0 Å². The zero-order valence-corrected chi connectivity index (χ0v) is 14.5. The van der Waals surface area contributed by atoms with Gasteiger partial charge in [-0.1, -0.05) is 38.1 Å². The molecule has 0 radical (unpaired) electrons. The second kappa shape index (κ2) is 6.20. The van der Waals surface area contributed by atoms with Crippen molar-refractivity contribution in [3.05, 3.63) is 69.3 Å². The van der Waals surface area contributed by atoms with Crippen LogP contribution in [0.25, 0.3) is 0 Å². The average Bonchev–Trinajstić information content (AvgIpc) is 2.85. The Balaban J connectivity index is 1.99. The lowest BCUT2D eigenvalue weighted by molar-refractivity contribution is -0.384. The molecule has 0 saturated carbocycles. The molecule has 130 valence electrons. The highest BCUT2D eigenvalue weighted by Gasteiger charge is 2.36. The zero-order valence-electron chi connectivity index (χ0n) is 14.5. The van der Waals surface area contributed by atoms with Gasteiger partial charge >= 0.3 is 0 Å². The van der Waals surface area contributed by atoms with Gasteiger partial charge in [0.2, 0.25) is 0 Å². The van der Waals surface area contributed by atoms with Crippen molar-refractivity contribution in [1.82, 2.24) is 5.32 Å². The fourth-order valence-electron chi connectivity index (χ4n) is 3.56. The predicted molar refractivity (Wildman–Crippen MR) is 96.9 cm³/mol. The van der Waals surface area contributed by atoms with Gasteiger partial charge in [0.05, 0.1) is 16.5 Å². The normalized spacial score (nSPS) is 17.6. The molecule has 1 atom stereocenters. The molecule has 1 unspecified atom stereocenters. The van der Waals surface area contributed by atoms with Crippen molar-refractivity contribution in [2.45, 2.75) is 31.7 Å². The van der Waals surface area contributed by atoms with Crippen molar-refractivity contribution in [2.24, 2.45) is 0 Å². The maximum atomic E-state index is 12.2. The van der Waals surface area contributed by atoms with E-state index in [1.54, 1.807) is 6.07 Å². The number of nitro benzene ring substituents is 1. The average molecular weight is 339 g/mol. The van der Waals surface area contributed by atoms with Gasteiger partial charge in [0, 0.05) is 24.9 Å². The van der Waals surface area contributed by atoms with E-state index in [0.29, 0.717) is 5.69 Å². The lowest BCUT2D eigenvalue weighted by Crippen LogP contribution is -2.21. The third kappa shape index (κ3) is 3.07. The van der Waals surface area contributed by atoms with E-state index in [1.807, 2.05) is 12.1 Å². The molecule has 0 bridgehead atoms. The summed E-state index contributed by atoms with van der Waals surface area (Å²) in [5.74, 6) is -0.350. The first-order valence-electron chi connectivity index (χ1n) is 8.20. The minimum Gasteiger partial charge on any atom is -0.378 e. The number of hydrogen-bond acceptors (Lipinski definition) is 4. The molecule has 0 heterocycles. The van der Waals surface area contributed by atoms with Gasteiger partial charge in [-0.15, -0.1) is 0 Å². The molecule has 1 amide bonds. The van der Waals surface area contributed by atoms with Crippen LogP contribution >= 0.6 is 0 Å². The van der Waals surface area contributed by atoms with Crippen molar-refractivity contribution < 1.29 is 9.72 Å². The van der Waals surface area contributed by atoms with E-state index >= 15 is 0 Å². The smallest absolute Gasteiger partial charge is 0.270 e. The molecule has 0 aromatic heterocycles. The number of carbonyl (C=O) groups is 1. The molecule has 1 aliphatic rings. The fourth-order valence-corrected chi connectivity index (χ4v) is 3.56. The SMILES string of the molecule is CNC(=O)c1cc([N+](=O)[O-])ccc1NC1CC(C)(C)c2ccccc21. The van der Waals surface area contributed by atoms with E-state index in [4.69, 9.17) is 0 Å². The Morgan fingerprint density at radius 2 is 1.96 bits per heavy atom. The first-order valence-corrected chi connectivity index (χ1v) is 8.20. The van der Waals surface area contributed by atoms with Crippen LogP contribution in [0.5, 0.6) is 0 Å². The second-order valence-electron chi connectivity index (χ2n) is 6.94. The van der Waals surface area contributed by atoms with E-state index in [-0.39, 0.29) is 28.6 Å². The molecule has 0 spiro atoms. The molecular formula is C19H21N3O3. The second-order valence-corrected chi connectivity index (χ2v) is 6.94. The number of carbonyl (C=O) groups excluding carboxylic acids is 1. The van der Waals surface area contributed by atoms with Crippen molar-refractivity contribution in [2.75, 3.05) is 12.4 Å². The van der Waals surface area contributed by atoms with E-state index in [2.05, 4.69) is 36.6 Å². The Morgan fingerprint density at radius 3 is 2.64 bits per heavy atom. The van der Waals surface area contributed by atoms with Crippen LogP contribution < -0.4 is 10.6 Å². The standard InChI is InChI=1S/C19H21N3O3/c1-19(2)11-17(13-6-4-5-7-15(13)19)21-16-9-8-12(22(24)25)10-14(16)18(23)20-3/h4-10,17,21H,11H2,1-3H3,(H,20,23). The number of benzene rings is 2. The molecule has 0 fully saturated rings. The first kappa shape index (κ1) is 17.0. The van der Waals surface area contributed by atoms with Gasteiger partial charge < -0.3 is 10.6 Å². The molecule has 2 N–H and O–H groups in total. The Morgan fingerprint density at radius 1 is 1.24 bits per heavy atom. The van der Waals surface area contributed by atoms with Crippen molar-refractivity contribution in [3.63, 3.8) is 0 Å². The molecule has 6 heteroatoms. The van der Waals surface area contributed by atoms with Crippen LogP contribution in [0.1, 0.15) is 47.8 Å². The minimum atomic E-state index is -0.496. The fraction of sp³-hybridized carbons (Fsp3) is 0.316. The molecular weight excluding hydrogens is 318 g/mol. The van der Waals surface area contributed by atoms with E-state index < -0.39 is 4.92 Å². The highest BCUT2D eigenvalue weighted by molar-refractivity contribution is 6.00. The Hall–Kier alpha value is -2.89. The van der Waals surface area contributed by atoms with Crippen LogP contribution in [-0.2, 0) is 5.41 Å². The van der Waals surface area contributed by atoms with Crippen LogP contribution in [0.4, 0.5) is 11.4 Å². The van der Waals surface area contributed by atoms with Crippen molar-refractivity contribution >= 4 is 17.3 Å². The number of amides is 1.